The van der Waals surface area contributed by atoms with Gasteiger partial charge in [-0.25, -0.2) is 4.39 Å². The monoisotopic (exact) mass is 334 g/mol. The second-order valence-corrected chi connectivity index (χ2v) is 12.8. The molecule has 23 heavy (non-hydrogen) atoms. The molecule has 0 spiro atoms. The van der Waals surface area contributed by atoms with Gasteiger partial charge in [0.25, 0.3) is 0 Å². The Kier molecular flexibility index (Phi) is 6.28. The van der Waals surface area contributed by atoms with Crippen LogP contribution < -0.4 is 0 Å². The third kappa shape index (κ3) is 5.99. The van der Waals surface area contributed by atoms with Crippen LogP contribution in [0.3, 0.4) is 0 Å². The Labute approximate surface area is 138 Å². The van der Waals surface area contributed by atoms with Crippen LogP contribution in [0.15, 0.2) is 18.2 Å². The first kappa shape index (κ1) is 19.1. The number of rotatable bonds is 5. The number of ether oxygens (including phenoxy) is 1. The number of halogens is 1. The van der Waals surface area contributed by atoms with Gasteiger partial charge in [-0.15, -0.1) is 0 Å². The Morgan fingerprint density at radius 2 is 2.00 bits per heavy atom. The lowest BCUT2D eigenvalue weighted by Gasteiger charge is -2.19. The van der Waals surface area contributed by atoms with Gasteiger partial charge in [0.15, 0.2) is 6.29 Å². The van der Waals surface area contributed by atoms with Crippen LogP contribution in [0.2, 0.25) is 25.7 Å². The molecule has 0 amide bonds. The van der Waals surface area contributed by atoms with Crippen molar-refractivity contribution >= 4 is 20.3 Å². The zero-order valence-corrected chi connectivity index (χ0v) is 15.3. The summed E-state index contributed by atoms with van der Waals surface area (Å²) < 4.78 is 19.1. The Balaban J connectivity index is 2.87. The van der Waals surface area contributed by atoms with Crippen LogP contribution in [0.4, 0.5) is 4.39 Å². The zero-order valence-electron chi connectivity index (χ0n) is 14.3. The Bertz CT molecular complexity index is 648. The molecule has 0 atom stereocenters. The fraction of sp³-hybridized carbons (Fsp3) is 0.444. The molecule has 0 N–H and O–H groups in total. The molecular weight excluding hydrogens is 311 g/mol. The van der Waals surface area contributed by atoms with Gasteiger partial charge in [-0.1, -0.05) is 43.6 Å². The predicted octanol–water partition coefficient (Wildman–Crippen LogP) is 3.90. The molecule has 124 valence electrons. The van der Waals surface area contributed by atoms with Crippen LogP contribution in [0.1, 0.15) is 29.8 Å². The number of aldehydes is 1. The Hall–Kier alpha value is -1.93. The normalized spacial score (nSPS) is 11.4. The first-order valence-corrected chi connectivity index (χ1v) is 11.2. The SMILES string of the molecule is CC(C)(C#Cc1c(F)cccc1C=O)C(=O)OCC[Si](C)(C)C. The van der Waals surface area contributed by atoms with Crippen LogP contribution in [0.25, 0.3) is 0 Å². The molecule has 0 unspecified atom stereocenters. The van der Waals surface area contributed by atoms with Gasteiger partial charge in [0, 0.05) is 13.6 Å². The van der Waals surface area contributed by atoms with E-state index in [2.05, 4.69) is 31.5 Å². The number of carbonyl (C=O) groups is 2. The number of carbonyl (C=O) groups excluding carboxylic acids is 2. The highest BCUT2D eigenvalue weighted by Gasteiger charge is 2.28. The molecule has 0 saturated carbocycles. The van der Waals surface area contributed by atoms with Gasteiger partial charge in [-0.2, -0.15) is 0 Å². The summed E-state index contributed by atoms with van der Waals surface area (Å²) in [5.74, 6) is 4.32. The highest BCUT2D eigenvalue weighted by Crippen LogP contribution is 2.19. The van der Waals surface area contributed by atoms with E-state index in [-0.39, 0.29) is 11.1 Å². The average molecular weight is 334 g/mol. The van der Waals surface area contributed by atoms with Gasteiger partial charge in [-0.3, -0.25) is 9.59 Å². The summed E-state index contributed by atoms with van der Waals surface area (Å²) in [6.07, 6.45) is 0.548. The molecule has 0 bridgehead atoms. The molecule has 1 aromatic carbocycles. The number of hydrogen-bond acceptors (Lipinski definition) is 3. The average Bonchev–Trinajstić information content (AvgIpc) is 2.44. The van der Waals surface area contributed by atoms with E-state index >= 15 is 0 Å². The summed E-state index contributed by atoms with van der Waals surface area (Å²) >= 11 is 0. The minimum Gasteiger partial charge on any atom is -0.465 e. The maximum Gasteiger partial charge on any atom is 0.323 e. The van der Waals surface area contributed by atoms with Gasteiger partial charge in [0.1, 0.15) is 11.2 Å². The van der Waals surface area contributed by atoms with Gasteiger partial charge < -0.3 is 4.74 Å². The van der Waals surface area contributed by atoms with Crippen molar-refractivity contribution in [3.8, 4) is 11.8 Å². The maximum absolute atomic E-state index is 13.8. The highest BCUT2D eigenvalue weighted by molar-refractivity contribution is 6.76. The van der Waals surface area contributed by atoms with Crippen molar-refractivity contribution in [3.05, 3.63) is 35.1 Å². The molecule has 0 heterocycles. The second kappa shape index (κ2) is 7.56. The van der Waals surface area contributed by atoms with Crippen molar-refractivity contribution in [3.63, 3.8) is 0 Å². The summed E-state index contributed by atoms with van der Waals surface area (Å²) in [5, 5.41) is 0. The van der Waals surface area contributed by atoms with Crippen LogP contribution >= 0.6 is 0 Å². The third-order valence-electron chi connectivity index (χ3n) is 3.27. The molecule has 0 aromatic heterocycles. The molecule has 0 fully saturated rings. The molecule has 1 aromatic rings. The van der Waals surface area contributed by atoms with Gasteiger partial charge in [0.05, 0.1) is 12.2 Å². The molecule has 0 saturated heterocycles. The Morgan fingerprint density at radius 3 is 2.57 bits per heavy atom. The van der Waals surface area contributed by atoms with Crippen molar-refractivity contribution in [2.24, 2.45) is 5.41 Å². The summed E-state index contributed by atoms with van der Waals surface area (Å²) in [5.41, 5.74) is -0.895. The van der Waals surface area contributed by atoms with E-state index < -0.39 is 25.3 Å². The minimum absolute atomic E-state index is 0.00507. The largest absolute Gasteiger partial charge is 0.465 e. The van der Waals surface area contributed by atoms with E-state index in [9.17, 15) is 14.0 Å². The van der Waals surface area contributed by atoms with Gasteiger partial charge in [-0.05, 0) is 26.0 Å². The van der Waals surface area contributed by atoms with E-state index in [0.29, 0.717) is 12.9 Å². The maximum atomic E-state index is 13.8. The number of hydrogen-bond donors (Lipinski definition) is 0. The fourth-order valence-corrected chi connectivity index (χ4v) is 2.39. The zero-order chi connectivity index (χ0) is 17.7. The van der Waals surface area contributed by atoms with E-state index in [0.717, 1.165) is 6.04 Å². The summed E-state index contributed by atoms with van der Waals surface area (Å²) in [6, 6.07) is 5.04. The highest BCUT2D eigenvalue weighted by atomic mass is 28.3. The predicted molar refractivity (Wildman–Crippen MR) is 91.6 cm³/mol. The molecule has 5 heteroatoms. The minimum atomic E-state index is -1.28. The summed E-state index contributed by atoms with van der Waals surface area (Å²) in [6.45, 7) is 10.2. The van der Waals surface area contributed by atoms with E-state index in [1.807, 2.05) is 0 Å². The topological polar surface area (TPSA) is 43.4 Å². The summed E-state index contributed by atoms with van der Waals surface area (Å²) in [4.78, 5) is 23.1. The molecule has 0 aliphatic heterocycles. The van der Waals surface area contributed by atoms with Crippen molar-refractivity contribution in [1.29, 1.82) is 0 Å². The summed E-state index contributed by atoms with van der Waals surface area (Å²) in [7, 11) is -1.28. The third-order valence-corrected chi connectivity index (χ3v) is 4.97. The van der Waals surface area contributed by atoms with Gasteiger partial charge >= 0.3 is 5.97 Å². The van der Waals surface area contributed by atoms with E-state index in [4.69, 9.17) is 4.74 Å². The Morgan fingerprint density at radius 1 is 1.35 bits per heavy atom. The molecule has 3 nitrogen and oxygen atoms in total. The smallest absolute Gasteiger partial charge is 0.323 e. The van der Waals surface area contributed by atoms with Crippen LogP contribution in [-0.4, -0.2) is 26.9 Å². The van der Waals surface area contributed by atoms with Crippen LogP contribution in [0.5, 0.6) is 0 Å². The standard InChI is InChI=1S/C18H23FO3Si/c1-18(2,17(21)22-11-12-23(3,4)5)10-9-15-14(13-20)7-6-8-16(15)19/h6-8,13H,11-12H2,1-5H3. The van der Waals surface area contributed by atoms with Crippen molar-refractivity contribution in [1.82, 2.24) is 0 Å². The van der Waals surface area contributed by atoms with Crippen molar-refractivity contribution < 1.29 is 18.7 Å². The second-order valence-electron chi connectivity index (χ2n) is 7.14. The first-order valence-electron chi connectivity index (χ1n) is 7.51. The van der Waals surface area contributed by atoms with Crippen LogP contribution in [-0.2, 0) is 9.53 Å². The van der Waals surface area contributed by atoms with E-state index in [1.54, 1.807) is 13.8 Å². The van der Waals surface area contributed by atoms with E-state index in [1.165, 1.54) is 18.2 Å². The van der Waals surface area contributed by atoms with Crippen LogP contribution in [0, 0.1) is 23.1 Å². The number of benzene rings is 1. The molecular formula is C18H23FO3Si. The molecule has 1 rings (SSSR count). The lowest BCUT2D eigenvalue weighted by atomic mass is 9.94. The molecule has 0 aliphatic rings. The fourth-order valence-electron chi connectivity index (χ4n) is 1.67. The molecule has 0 aliphatic carbocycles. The van der Waals surface area contributed by atoms with Crippen molar-refractivity contribution in [2.45, 2.75) is 39.5 Å². The van der Waals surface area contributed by atoms with Gasteiger partial charge in [0.2, 0.25) is 0 Å². The lowest BCUT2D eigenvalue weighted by molar-refractivity contribution is -0.150. The number of esters is 1. The quantitative estimate of drug-likeness (QED) is 0.355. The molecule has 0 radical (unpaired) electrons. The first-order chi connectivity index (χ1) is 10.6. The lowest BCUT2D eigenvalue weighted by Crippen LogP contribution is -2.28. The van der Waals surface area contributed by atoms with Crippen molar-refractivity contribution in [2.75, 3.05) is 6.61 Å².